The first-order valence-corrected chi connectivity index (χ1v) is 11.7. The van der Waals surface area contributed by atoms with Crippen LogP contribution in [0, 0.1) is 0 Å². The number of carbonyl (C=O) groups excluding carboxylic acids is 2. The van der Waals surface area contributed by atoms with Gasteiger partial charge in [0, 0.05) is 12.6 Å². The number of carboxylic acid groups (broad SMARTS) is 1. The summed E-state index contributed by atoms with van der Waals surface area (Å²) in [5, 5.41) is 12.7. The molecule has 0 spiro atoms. The summed E-state index contributed by atoms with van der Waals surface area (Å²) in [5.74, 6) is -3.49. The Labute approximate surface area is 196 Å². The van der Waals surface area contributed by atoms with Gasteiger partial charge in [-0.15, -0.1) is 0 Å². The molecule has 2 atom stereocenters. The van der Waals surface area contributed by atoms with Crippen LogP contribution in [0.15, 0.2) is 47.4 Å². The molecule has 0 aliphatic carbocycles. The molecule has 1 heterocycles. The predicted molar refractivity (Wildman–Crippen MR) is 120 cm³/mol. The number of ether oxygens (including phenoxy) is 2. The molecule has 0 aromatic heterocycles. The highest BCUT2D eigenvalue weighted by Crippen LogP contribution is 2.32. The number of fused-ring (bicyclic) bond motifs is 1. The van der Waals surface area contributed by atoms with Gasteiger partial charge in [-0.3, -0.25) is 9.59 Å². The van der Waals surface area contributed by atoms with E-state index in [0.29, 0.717) is 0 Å². The molecule has 1 aliphatic rings. The third-order valence-corrected chi connectivity index (χ3v) is 7.27. The normalized spacial score (nSPS) is 16.1. The van der Waals surface area contributed by atoms with Crippen molar-refractivity contribution in [1.82, 2.24) is 9.62 Å². The Bertz CT molecular complexity index is 1210. The molecule has 0 fully saturated rings. The van der Waals surface area contributed by atoms with E-state index in [1.54, 1.807) is 6.07 Å². The topological polar surface area (TPSA) is 165 Å². The number of rotatable bonds is 9. The fourth-order valence-electron chi connectivity index (χ4n) is 3.77. The average Bonchev–Trinajstić information content (AvgIpc) is 2.82. The molecule has 4 N–H and O–H groups in total. The minimum atomic E-state index is -4.75. The van der Waals surface area contributed by atoms with Gasteiger partial charge < -0.3 is 25.6 Å². The van der Waals surface area contributed by atoms with Gasteiger partial charge >= 0.3 is 5.97 Å². The van der Waals surface area contributed by atoms with Crippen LogP contribution in [0.25, 0.3) is 0 Å². The summed E-state index contributed by atoms with van der Waals surface area (Å²) in [6, 6.07) is 7.80. The first-order chi connectivity index (χ1) is 16.1. The van der Waals surface area contributed by atoms with E-state index in [0.717, 1.165) is 23.3 Å². The number of hydrogen-bond donors (Lipinski definition) is 3. The lowest BCUT2D eigenvalue weighted by molar-refractivity contribution is -0.148. The molecule has 2 aromatic rings. The SMILES string of the molecule is COc1ccc(S(=O)(=O)N(C(=O)[C@@H]2Cc3ccccc3CN2)[C@@H](CC(N)=O)C(=O)O)cc1OC. The van der Waals surface area contributed by atoms with Gasteiger partial charge in [-0.05, 0) is 29.7 Å². The maximum Gasteiger partial charge on any atom is 0.328 e. The molecule has 3 rings (SSSR count). The van der Waals surface area contributed by atoms with Crippen molar-refractivity contribution in [1.29, 1.82) is 0 Å². The van der Waals surface area contributed by atoms with E-state index >= 15 is 0 Å². The van der Waals surface area contributed by atoms with Crippen molar-refractivity contribution in [3.05, 3.63) is 53.6 Å². The molecule has 2 amide bonds. The van der Waals surface area contributed by atoms with Crippen LogP contribution in [0.3, 0.4) is 0 Å². The van der Waals surface area contributed by atoms with Crippen LogP contribution in [-0.2, 0) is 37.4 Å². The highest BCUT2D eigenvalue weighted by Gasteiger charge is 2.44. The van der Waals surface area contributed by atoms with Crippen molar-refractivity contribution >= 4 is 27.8 Å². The first kappa shape index (κ1) is 25.0. The lowest BCUT2D eigenvalue weighted by atomic mass is 9.95. The summed E-state index contributed by atoms with van der Waals surface area (Å²) >= 11 is 0. The summed E-state index contributed by atoms with van der Waals surface area (Å²) in [6.45, 7) is 0.282. The summed E-state index contributed by atoms with van der Waals surface area (Å²) in [5.41, 5.74) is 6.95. The van der Waals surface area contributed by atoms with Crippen molar-refractivity contribution in [2.75, 3.05) is 14.2 Å². The zero-order valence-electron chi connectivity index (χ0n) is 18.6. The summed E-state index contributed by atoms with van der Waals surface area (Å²) in [7, 11) is -2.09. The van der Waals surface area contributed by atoms with E-state index in [1.807, 2.05) is 18.2 Å². The van der Waals surface area contributed by atoms with Crippen LogP contribution in [0.4, 0.5) is 0 Å². The monoisotopic (exact) mass is 491 g/mol. The number of amides is 2. The van der Waals surface area contributed by atoms with Gasteiger partial charge in [0.05, 0.1) is 31.6 Å². The minimum Gasteiger partial charge on any atom is -0.493 e. The Morgan fingerprint density at radius 2 is 1.76 bits per heavy atom. The molecule has 12 heteroatoms. The molecule has 1 aliphatic heterocycles. The van der Waals surface area contributed by atoms with E-state index in [4.69, 9.17) is 15.2 Å². The van der Waals surface area contributed by atoms with Crippen LogP contribution in [0.2, 0.25) is 0 Å². The van der Waals surface area contributed by atoms with Gasteiger partial charge in [0.1, 0.15) is 0 Å². The summed E-state index contributed by atoms with van der Waals surface area (Å²) < 4.78 is 37.7. The van der Waals surface area contributed by atoms with Crippen LogP contribution in [0.5, 0.6) is 11.5 Å². The number of carboxylic acids is 1. The zero-order valence-corrected chi connectivity index (χ0v) is 19.4. The quantitative estimate of drug-likeness (QED) is 0.446. The number of nitrogens with two attached hydrogens (primary N) is 1. The zero-order chi connectivity index (χ0) is 25.0. The first-order valence-electron chi connectivity index (χ1n) is 10.2. The van der Waals surface area contributed by atoms with E-state index in [2.05, 4.69) is 5.32 Å². The molecule has 0 unspecified atom stereocenters. The number of carbonyl (C=O) groups is 3. The van der Waals surface area contributed by atoms with Crippen molar-refractivity contribution in [3.63, 3.8) is 0 Å². The molecule has 182 valence electrons. The highest BCUT2D eigenvalue weighted by atomic mass is 32.2. The van der Waals surface area contributed by atoms with E-state index in [1.165, 1.54) is 20.3 Å². The number of benzene rings is 2. The second-order valence-corrected chi connectivity index (χ2v) is 9.40. The maximum absolute atomic E-state index is 13.6. The smallest absolute Gasteiger partial charge is 0.328 e. The number of nitrogens with zero attached hydrogens (tertiary/aromatic N) is 1. The molecule has 0 radical (unpaired) electrons. The summed E-state index contributed by atoms with van der Waals surface area (Å²) in [4.78, 5) is 36.8. The molecular formula is C22H25N3O8S. The van der Waals surface area contributed by atoms with E-state index in [-0.39, 0.29) is 28.8 Å². The molecule has 34 heavy (non-hydrogen) atoms. The van der Waals surface area contributed by atoms with Gasteiger partial charge in [0.2, 0.25) is 5.91 Å². The Balaban J connectivity index is 2.09. The predicted octanol–water partition coefficient (Wildman–Crippen LogP) is 0.264. The Morgan fingerprint density at radius 3 is 2.35 bits per heavy atom. The fourth-order valence-corrected chi connectivity index (χ4v) is 5.36. The van der Waals surface area contributed by atoms with E-state index in [9.17, 15) is 27.9 Å². The lowest BCUT2D eigenvalue weighted by Gasteiger charge is -2.33. The van der Waals surface area contributed by atoms with Crippen LogP contribution in [0.1, 0.15) is 17.5 Å². The molecule has 0 saturated heterocycles. The Morgan fingerprint density at radius 1 is 1.12 bits per heavy atom. The fraction of sp³-hybridized carbons (Fsp3) is 0.318. The van der Waals surface area contributed by atoms with Gasteiger partial charge in [-0.1, -0.05) is 24.3 Å². The number of sulfonamides is 1. The summed E-state index contributed by atoms with van der Waals surface area (Å²) in [6.07, 6.45) is -0.757. The second-order valence-electron chi connectivity index (χ2n) is 7.59. The van der Waals surface area contributed by atoms with Crippen molar-refractivity contribution in [2.24, 2.45) is 5.73 Å². The van der Waals surface area contributed by atoms with Crippen LogP contribution < -0.4 is 20.5 Å². The number of nitrogens with one attached hydrogen (secondary N) is 1. The van der Waals surface area contributed by atoms with E-state index < -0.39 is 51.2 Å². The van der Waals surface area contributed by atoms with Crippen LogP contribution >= 0.6 is 0 Å². The number of aliphatic carboxylic acids is 1. The third kappa shape index (κ3) is 4.97. The standard InChI is InChI=1S/C22H25N3O8S/c1-32-18-8-7-15(10-19(18)33-2)34(30,31)25(17(22(28)29)11-20(23)26)21(27)16-9-13-5-3-4-6-14(13)12-24-16/h3-8,10,16-17,24H,9,11-12H2,1-2H3,(H2,23,26)(H,28,29)/t16-,17-/m0/s1. The van der Waals surface area contributed by atoms with Crippen molar-refractivity contribution < 1.29 is 37.4 Å². The van der Waals surface area contributed by atoms with Crippen LogP contribution in [-0.4, -0.2) is 61.9 Å². The molecule has 0 saturated carbocycles. The van der Waals surface area contributed by atoms with Gasteiger partial charge in [0.15, 0.2) is 17.5 Å². The lowest BCUT2D eigenvalue weighted by Crippen LogP contribution is -2.57. The number of hydrogen-bond acceptors (Lipinski definition) is 8. The number of primary amides is 1. The minimum absolute atomic E-state index is 0.0578. The second kappa shape index (κ2) is 10.1. The van der Waals surface area contributed by atoms with Crippen molar-refractivity contribution in [3.8, 4) is 11.5 Å². The Kier molecular flexibility index (Phi) is 7.42. The highest BCUT2D eigenvalue weighted by molar-refractivity contribution is 7.89. The molecule has 0 bridgehead atoms. The largest absolute Gasteiger partial charge is 0.493 e. The molecular weight excluding hydrogens is 466 g/mol. The van der Waals surface area contributed by atoms with Gasteiger partial charge in [-0.25, -0.2) is 17.5 Å². The average molecular weight is 492 g/mol. The third-order valence-electron chi connectivity index (χ3n) is 5.47. The van der Waals surface area contributed by atoms with Gasteiger partial charge in [0.25, 0.3) is 15.9 Å². The Hall–Kier alpha value is -3.64. The maximum atomic E-state index is 13.6. The molecule has 11 nitrogen and oxygen atoms in total. The molecule has 2 aromatic carbocycles. The van der Waals surface area contributed by atoms with Crippen molar-refractivity contribution in [2.45, 2.75) is 36.4 Å². The number of methoxy groups -OCH3 is 2. The van der Waals surface area contributed by atoms with Gasteiger partial charge in [-0.2, -0.15) is 0 Å².